The van der Waals surface area contributed by atoms with Crippen LogP contribution < -0.4 is 5.73 Å². The molecule has 0 aromatic carbocycles. The molecule has 0 radical (unpaired) electrons. The molecule has 0 saturated carbocycles. The van der Waals surface area contributed by atoms with E-state index in [0.717, 1.165) is 18.9 Å². The summed E-state index contributed by atoms with van der Waals surface area (Å²) in [6.45, 7) is 5.32. The van der Waals surface area contributed by atoms with Gasteiger partial charge in [0.1, 0.15) is 0 Å². The number of hydrogen-bond acceptors (Lipinski definition) is 2. The highest BCUT2D eigenvalue weighted by Crippen LogP contribution is 2.10. The molecular weight excluding hydrogens is 254 g/mol. The summed E-state index contributed by atoms with van der Waals surface area (Å²) in [7, 11) is 0. The molecule has 3 N–H and O–H groups in total. The van der Waals surface area contributed by atoms with E-state index in [4.69, 9.17) is 5.11 Å². The monoisotopic (exact) mass is 285 g/mol. The minimum absolute atomic E-state index is 0.344. The van der Waals surface area contributed by atoms with Crippen molar-refractivity contribution in [3.63, 3.8) is 0 Å². The summed E-state index contributed by atoms with van der Waals surface area (Å²) < 4.78 is 0. The quantitative estimate of drug-likeness (QED) is 0.419. The van der Waals surface area contributed by atoms with Crippen molar-refractivity contribution < 1.29 is 14.7 Å². The lowest BCUT2D eigenvalue weighted by molar-refractivity contribution is -0.137. The van der Waals surface area contributed by atoms with Crippen LogP contribution in [0.3, 0.4) is 0 Å². The first-order valence-corrected chi connectivity index (χ1v) is 7.68. The van der Waals surface area contributed by atoms with E-state index in [1.54, 1.807) is 0 Å². The second-order valence-corrected chi connectivity index (χ2v) is 4.93. The molecule has 0 aliphatic heterocycles. The predicted octanol–water partition coefficient (Wildman–Crippen LogP) is 4.04. The van der Waals surface area contributed by atoms with Gasteiger partial charge in [0.25, 0.3) is 0 Å². The normalized spacial score (nSPS) is 9.45. The number of carbonyl (C=O) groups excluding carboxylic acids is 1. The van der Waals surface area contributed by atoms with Gasteiger partial charge in [-0.05, 0) is 12.5 Å². The summed E-state index contributed by atoms with van der Waals surface area (Å²) in [6.07, 6.45) is 14.0. The van der Waals surface area contributed by atoms with Crippen LogP contribution in [0.4, 0.5) is 0 Å². The van der Waals surface area contributed by atoms with Crippen LogP contribution in [0, 0.1) is 0 Å². The average Bonchev–Trinajstić information content (AvgIpc) is 2.41. The topological polar surface area (TPSA) is 80.4 Å². The first-order valence-electron chi connectivity index (χ1n) is 7.68. The number of carboxylic acids is 1. The summed E-state index contributed by atoms with van der Waals surface area (Å²) in [6, 6.07) is 0. The van der Waals surface area contributed by atoms with E-state index in [2.05, 4.69) is 19.2 Å². The number of rotatable bonds is 12. The molecule has 0 unspecified atom stereocenters. The molecule has 0 bridgehead atoms. The Balaban J connectivity index is 0. The van der Waals surface area contributed by atoms with Crippen LogP contribution in [-0.4, -0.2) is 17.0 Å². The highest BCUT2D eigenvalue weighted by Gasteiger charge is 1.96. The third-order valence-electron chi connectivity index (χ3n) is 2.95. The first-order chi connectivity index (χ1) is 9.54. The fourth-order valence-electron chi connectivity index (χ4n) is 1.76. The van der Waals surface area contributed by atoms with Crippen molar-refractivity contribution in [1.29, 1.82) is 0 Å². The van der Waals surface area contributed by atoms with Gasteiger partial charge in [-0.15, -0.1) is 0 Å². The van der Waals surface area contributed by atoms with E-state index in [9.17, 15) is 9.59 Å². The number of amides is 1. The highest BCUT2D eigenvalue weighted by atomic mass is 16.4. The molecule has 0 atom stereocenters. The van der Waals surface area contributed by atoms with Gasteiger partial charge in [0, 0.05) is 6.42 Å². The fraction of sp³-hybridized carbons (Fsp3) is 0.750. The van der Waals surface area contributed by atoms with E-state index in [1.165, 1.54) is 51.4 Å². The van der Waals surface area contributed by atoms with Gasteiger partial charge in [0.15, 0.2) is 0 Å². The molecular formula is C16H31NO3. The zero-order chi connectivity index (χ0) is 15.6. The second kappa shape index (κ2) is 17.7. The molecule has 1 amide bonds. The van der Waals surface area contributed by atoms with Crippen molar-refractivity contribution >= 4 is 11.9 Å². The van der Waals surface area contributed by atoms with Gasteiger partial charge in [-0.1, -0.05) is 71.3 Å². The van der Waals surface area contributed by atoms with Crippen molar-refractivity contribution in [3.05, 3.63) is 12.7 Å². The third-order valence-corrected chi connectivity index (χ3v) is 2.95. The zero-order valence-electron chi connectivity index (χ0n) is 12.9. The lowest BCUT2D eigenvalue weighted by atomic mass is 10.1. The maximum Gasteiger partial charge on any atom is 0.303 e. The van der Waals surface area contributed by atoms with Gasteiger partial charge in [0.2, 0.25) is 5.91 Å². The van der Waals surface area contributed by atoms with Crippen LogP contribution in [0.25, 0.3) is 0 Å². The summed E-state index contributed by atoms with van der Waals surface area (Å²) in [5.74, 6) is -1.14. The zero-order valence-corrected chi connectivity index (χ0v) is 12.9. The number of primary amides is 1. The van der Waals surface area contributed by atoms with Crippen LogP contribution in [0.2, 0.25) is 0 Å². The Morgan fingerprint density at radius 3 is 1.60 bits per heavy atom. The predicted molar refractivity (Wildman–Crippen MR) is 83.5 cm³/mol. The van der Waals surface area contributed by atoms with Crippen molar-refractivity contribution in [2.75, 3.05) is 0 Å². The van der Waals surface area contributed by atoms with Gasteiger partial charge in [0.05, 0.1) is 0 Å². The van der Waals surface area contributed by atoms with Crippen LogP contribution in [0.5, 0.6) is 0 Å². The highest BCUT2D eigenvalue weighted by molar-refractivity contribution is 5.84. The Kier molecular flexibility index (Phi) is 18.6. The Bertz CT molecular complexity index is 252. The molecule has 0 fully saturated rings. The molecule has 0 saturated heterocycles. The van der Waals surface area contributed by atoms with Gasteiger partial charge in [-0.3, -0.25) is 9.59 Å². The van der Waals surface area contributed by atoms with Crippen molar-refractivity contribution in [2.45, 2.75) is 77.6 Å². The summed E-state index contributed by atoms with van der Waals surface area (Å²) in [5, 5.41) is 8.44. The molecule has 118 valence electrons. The third kappa shape index (κ3) is 25.5. The summed E-state index contributed by atoms with van der Waals surface area (Å²) >= 11 is 0. The number of carbonyl (C=O) groups is 2. The van der Waals surface area contributed by atoms with Crippen molar-refractivity contribution in [1.82, 2.24) is 0 Å². The lowest BCUT2D eigenvalue weighted by Gasteiger charge is -2.01. The van der Waals surface area contributed by atoms with E-state index < -0.39 is 11.9 Å². The van der Waals surface area contributed by atoms with Crippen LogP contribution >= 0.6 is 0 Å². The number of nitrogens with two attached hydrogens (primary N) is 1. The van der Waals surface area contributed by atoms with Crippen molar-refractivity contribution in [3.8, 4) is 0 Å². The Morgan fingerprint density at radius 2 is 1.30 bits per heavy atom. The molecule has 0 aromatic rings. The van der Waals surface area contributed by atoms with Crippen LogP contribution in [0.1, 0.15) is 77.6 Å². The Hall–Kier alpha value is -1.32. The number of aliphatic carboxylic acids is 1. The standard InChI is InChI=1S/C13H26O2.C3H5NO/c1-2-3-4-5-6-7-8-9-10-11-12-13(14)15;1-2-3(4)5/h2-12H2,1H3,(H,14,15);2H,1H2,(H2,4,5). The molecule has 0 rings (SSSR count). The van der Waals surface area contributed by atoms with Crippen LogP contribution in [0.15, 0.2) is 12.7 Å². The second-order valence-electron chi connectivity index (χ2n) is 4.93. The van der Waals surface area contributed by atoms with Gasteiger partial charge in [-0.2, -0.15) is 0 Å². The minimum atomic E-state index is -0.658. The lowest BCUT2D eigenvalue weighted by Crippen LogP contribution is -2.04. The average molecular weight is 285 g/mol. The minimum Gasteiger partial charge on any atom is -0.481 e. The number of carboxylic acid groups (broad SMARTS) is 1. The molecule has 0 aliphatic rings. The Morgan fingerprint density at radius 1 is 0.950 bits per heavy atom. The number of unbranched alkanes of at least 4 members (excludes halogenated alkanes) is 9. The largest absolute Gasteiger partial charge is 0.481 e. The van der Waals surface area contributed by atoms with Crippen LogP contribution in [-0.2, 0) is 9.59 Å². The van der Waals surface area contributed by atoms with E-state index in [-0.39, 0.29) is 0 Å². The van der Waals surface area contributed by atoms with Gasteiger partial charge in [-0.25, -0.2) is 0 Å². The molecule has 4 nitrogen and oxygen atoms in total. The maximum atomic E-state index is 10.2. The Labute approximate surface area is 123 Å². The molecule has 4 heteroatoms. The van der Waals surface area contributed by atoms with Gasteiger partial charge < -0.3 is 10.8 Å². The molecule has 0 aromatic heterocycles. The summed E-state index contributed by atoms with van der Waals surface area (Å²) in [4.78, 5) is 19.7. The smallest absolute Gasteiger partial charge is 0.303 e. The SMILES string of the molecule is C=CC(N)=O.CCCCCCCCCCCCC(=O)O. The summed E-state index contributed by atoms with van der Waals surface area (Å²) in [5.41, 5.74) is 4.53. The fourth-order valence-corrected chi connectivity index (χ4v) is 1.76. The van der Waals surface area contributed by atoms with Gasteiger partial charge >= 0.3 is 5.97 Å². The maximum absolute atomic E-state index is 10.2. The van der Waals surface area contributed by atoms with E-state index >= 15 is 0 Å². The van der Waals surface area contributed by atoms with Crippen molar-refractivity contribution in [2.24, 2.45) is 5.73 Å². The first kappa shape index (κ1) is 21.0. The molecule has 0 spiro atoms. The van der Waals surface area contributed by atoms with E-state index in [0.29, 0.717) is 6.42 Å². The van der Waals surface area contributed by atoms with E-state index in [1.807, 2.05) is 0 Å². The number of hydrogen-bond donors (Lipinski definition) is 2. The molecule has 0 aliphatic carbocycles. The molecule has 0 heterocycles. The molecule has 20 heavy (non-hydrogen) atoms.